The highest BCUT2D eigenvalue weighted by molar-refractivity contribution is 5.71. The molecule has 0 aromatic heterocycles. The van der Waals surface area contributed by atoms with Gasteiger partial charge in [-0.2, -0.15) is 0 Å². The number of rotatable bonds is 53. The summed E-state index contributed by atoms with van der Waals surface area (Å²) in [5, 5.41) is 0. The van der Waals surface area contributed by atoms with Gasteiger partial charge in [0.2, 0.25) is 0 Å². The summed E-state index contributed by atoms with van der Waals surface area (Å²) in [4.78, 5) is 38.0. The number of hydrogen-bond donors (Lipinski definition) is 0. The van der Waals surface area contributed by atoms with Gasteiger partial charge >= 0.3 is 17.9 Å². The second-order valence-corrected chi connectivity index (χ2v) is 19.6. The molecule has 0 saturated heterocycles. The van der Waals surface area contributed by atoms with Crippen LogP contribution >= 0.6 is 0 Å². The van der Waals surface area contributed by atoms with Crippen LogP contribution < -0.4 is 0 Å². The maximum Gasteiger partial charge on any atom is 0.306 e. The van der Waals surface area contributed by atoms with Crippen LogP contribution in [0.15, 0.2) is 0 Å². The zero-order valence-electron chi connectivity index (χ0n) is 42.9. The van der Waals surface area contributed by atoms with Crippen LogP contribution in [-0.2, 0) is 28.6 Å². The standard InChI is InChI=1S/C57H110O6/c1-4-7-10-13-16-19-22-25-26-27-28-29-30-31-33-35-38-41-44-47-50-56(59)62-53-54(52-61-55(58)49-46-43-40-37-34-24-21-18-15-12-9-6-3)63-57(60)51-48-45-42-39-36-32-23-20-17-14-11-8-5-2/h54H,4-53H2,1-3H3. The quantitative estimate of drug-likeness (QED) is 0.0344. The van der Waals surface area contributed by atoms with Gasteiger partial charge in [-0.1, -0.05) is 290 Å². The van der Waals surface area contributed by atoms with E-state index in [0.717, 1.165) is 57.8 Å². The number of carbonyl (C=O) groups excluding carboxylic acids is 3. The van der Waals surface area contributed by atoms with E-state index in [-0.39, 0.29) is 31.1 Å². The van der Waals surface area contributed by atoms with Crippen LogP contribution in [0.1, 0.15) is 329 Å². The third-order valence-electron chi connectivity index (χ3n) is 13.1. The highest BCUT2D eigenvalue weighted by atomic mass is 16.6. The lowest BCUT2D eigenvalue weighted by Crippen LogP contribution is -2.30. The third kappa shape index (κ3) is 51.3. The lowest BCUT2D eigenvalue weighted by atomic mass is 10.0. The van der Waals surface area contributed by atoms with Crippen molar-refractivity contribution in [1.82, 2.24) is 0 Å². The van der Waals surface area contributed by atoms with Crippen molar-refractivity contribution in [2.75, 3.05) is 13.2 Å². The molecule has 0 aromatic rings. The van der Waals surface area contributed by atoms with Gasteiger partial charge in [0.15, 0.2) is 6.10 Å². The maximum absolute atomic E-state index is 12.8. The van der Waals surface area contributed by atoms with Crippen LogP contribution in [0.5, 0.6) is 0 Å². The van der Waals surface area contributed by atoms with Gasteiger partial charge in [-0.15, -0.1) is 0 Å². The Bertz CT molecular complexity index is 936. The minimum Gasteiger partial charge on any atom is -0.462 e. The van der Waals surface area contributed by atoms with Gasteiger partial charge in [0, 0.05) is 19.3 Å². The highest BCUT2D eigenvalue weighted by Crippen LogP contribution is 2.18. The van der Waals surface area contributed by atoms with Gasteiger partial charge in [0.05, 0.1) is 0 Å². The summed E-state index contributed by atoms with van der Waals surface area (Å²) in [5.74, 6) is -0.835. The Morgan fingerprint density at radius 2 is 0.429 bits per heavy atom. The van der Waals surface area contributed by atoms with Crippen molar-refractivity contribution >= 4 is 17.9 Å². The molecule has 1 unspecified atom stereocenters. The molecule has 0 aliphatic carbocycles. The SMILES string of the molecule is CCCCCCCCCCCCCCCCCCCCCCC(=O)OCC(COC(=O)CCCCCCCCCCCCCC)OC(=O)CCCCCCCCCCCCCCC. The van der Waals surface area contributed by atoms with Crippen LogP contribution in [-0.4, -0.2) is 37.2 Å². The van der Waals surface area contributed by atoms with Gasteiger partial charge in [0.1, 0.15) is 13.2 Å². The number of ether oxygens (including phenoxy) is 3. The minimum atomic E-state index is -0.760. The lowest BCUT2D eigenvalue weighted by Gasteiger charge is -2.18. The van der Waals surface area contributed by atoms with E-state index in [0.29, 0.717) is 19.3 Å². The molecule has 0 fully saturated rings. The van der Waals surface area contributed by atoms with E-state index in [2.05, 4.69) is 20.8 Å². The number of unbranched alkanes of at least 4 members (excludes halogenated alkanes) is 42. The fourth-order valence-corrected chi connectivity index (χ4v) is 8.80. The van der Waals surface area contributed by atoms with E-state index in [1.165, 1.54) is 231 Å². The van der Waals surface area contributed by atoms with Gasteiger partial charge in [-0.3, -0.25) is 14.4 Å². The summed E-state index contributed by atoms with van der Waals surface area (Å²) >= 11 is 0. The Morgan fingerprint density at radius 1 is 0.254 bits per heavy atom. The molecule has 0 heterocycles. The molecule has 63 heavy (non-hydrogen) atoms. The molecule has 0 aliphatic rings. The van der Waals surface area contributed by atoms with E-state index >= 15 is 0 Å². The predicted octanol–water partition coefficient (Wildman–Crippen LogP) is 18.8. The van der Waals surface area contributed by atoms with Crippen LogP contribution in [0.4, 0.5) is 0 Å². The molecule has 0 radical (unpaired) electrons. The molecule has 0 N–H and O–H groups in total. The summed E-state index contributed by atoms with van der Waals surface area (Å²) < 4.78 is 16.9. The molecule has 0 aromatic carbocycles. The smallest absolute Gasteiger partial charge is 0.306 e. The van der Waals surface area contributed by atoms with Crippen molar-refractivity contribution in [3.05, 3.63) is 0 Å². The van der Waals surface area contributed by atoms with Gasteiger partial charge in [-0.05, 0) is 19.3 Å². The number of carbonyl (C=O) groups is 3. The molecule has 374 valence electrons. The molecule has 0 saturated carbocycles. The topological polar surface area (TPSA) is 78.9 Å². The van der Waals surface area contributed by atoms with Gasteiger partial charge < -0.3 is 14.2 Å². The Morgan fingerprint density at radius 3 is 0.635 bits per heavy atom. The van der Waals surface area contributed by atoms with Gasteiger partial charge in [0.25, 0.3) is 0 Å². The first-order valence-corrected chi connectivity index (χ1v) is 28.5. The van der Waals surface area contributed by atoms with E-state index in [1.807, 2.05) is 0 Å². The first kappa shape index (κ1) is 61.4. The van der Waals surface area contributed by atoms with Crippen molar-refractivity contribution in [3.63, 3.8) is 0 Å². The van der Waals surface area contributed by atoms with Crippen LogP contribution in [0.3, 0.4) is 0 Å². The minimum absolute atomic E-state index is 0.0613. The summed E-state index contributed by atoms with van der Waals surface area (Å²) in [7, 11) is 0. The van der Waals surface area contributed by atoms with Crippen LogP contribution in [0, 0.1) is 0 Å². The van der Waals surface area contributed by atoms with E-state index in [9.17, 15) is 14.4 Å². The molecule has 0 rings (SSSR count). The van der Waals surface area contributed by atoms with E-state index in [1.54, 1.807) is 0 Å². The molecule has 1 atom stereocenters. The molecular formula is C57H110O6. The molecule has 0 spiro atoms. The summed E-state index contributed by atoms with van der Waals surface area (Å²) in [6, 6.07) is 0. The van der Waals surface area contributed by atoms with Crippen molar-refractivity contribution in [2.24, 2.45) is 0 Å². The summed E-state index contributed by atoms with van der Waals surface area (Å²) in [5.41, 5.74) is 0. The van der Waals surface area contributed by atoms with Crippen LogP contribution in [0.25, 0.3) is 0 Å². The first-order valence-electron chi connectivity index (χ1n) is 28.5. The predicted molar refractivity (Wildman–Crippen MR) is 270 cm³/mol. The summed E-state index contributed by atoms with van der Waals surface area (Å²) in [6.45, 7) is 6.70. The zero-order chi connectivity index (χ0) is 45.8. The van der Waals surface area contributed by atoms with Crippen molar-refractivity contribution in [2.45, 2.75) is 335 Å². The Balaban J connectivity index is 4.23. The molecule has 0 bridgehead atoms. The lowest BCUT2D eigenvalue weighted by molar-refractivity contribution is -0.167. The second-order valence-electron chi connectivity index (χ2n) is 19.6. The van der Waals surface area contributed by atoms with Crippen molar-refractivity contribution in [3.8, 4) is 0 Å². The highest BCUT2D eigenvalue weighted by Gasteiger charge is 2.19. The molecule has 0 amide bonds. The largest absolute Gasteiger partial charge is 0.462 e. The zero-order valence-corrected chi connectivity index (χ0v) is 42.9. The van der Waals surface area contributed by atoms with E-state index < -0.39 is 6.10 Å². The molecular weight excluding hydrogens is 781 g/mol. The molecule has 6 heteroatoms. The third-order valence-corrected chi connectivity index (χ3v) is 13.1. The summed E-state index contributed by atoms with van der Waals surface area (Å²) in [6.07, 6.45) is 58.1. The average molecular weight is 892 g/mol. The fourth-order valence-electron chi connectivity index (χ4n) is 8.80. The second kappa shape index (κ2) is 53.0. The first-order chi connectivity index (χ1) is 31.0. The Labute approximate surface area is 393 Å². The van der Waals surface area contributed by atoms with Gasteiger partial charge in [-0.25, -0.2) is 0 Å². The fraction of sp³-hybridized carbons (Fsp3) is 0.947. The molecule has 6 nitrogen and oxygen atoms in total. The number of hydrogen-bond acceptors (Lipinski definition) is 6. The Hall–Kier alpha value is -1.59. The Kier molecular flexibility index (Phi) is 51.7. The van der Waals surface area contributed by atoms with Crippen LogP contribution in [0.2, 0.25) is 0 Å². The average Bonchev–Trinajstić information content (AvgIpc) is 3.28. The molecule has 0 aliphatic heterocycles. The van der Waals surface area contributed by atoms with Crippen molar-refractivity contribution < 1.29 is 28.6 Å². The monoisotopic (exact) mass is 891 g/mol. The van der Waals surface area contributed by atoms with Crippen molar-refractivity contribution in [1.29, 1.82) is 0 Å². The normalized spacial score (nSPS) is 11.9. The van der Waals surface area contributed by atoms with E-state index in [4.69, 9.17) is 14.2 Å². The number of esters is 3. The maximum atomic E-state index is 12.8.